The Morgan fingerprint density at radius 2 is 2.20 bits per heavy atom. The molecule has 1 aromatic heterocycles. The molecule has 1 heterocycles. The van der Waals surface area contributed by atoms with E-state index in [1.165, 1.54) is 0 Å². The van der Waals surface area contributed by atoms with Crippen molar-refractivity contribution >= 4 is 26.5 Å². The summed E-state index contributed by atoms with van der Waals surface area (Å²) in [7, 11) is -3.41. The van der Waals surface area contributed by atoms with Crippen molar-refractivity contribution in [3.8, 4) is 0 Å². The average molecular weight is 247 g/mol. The monoisotopic (exact) mass is 247 g/mol. The molecule has 0 aromatic carbocycles. The Labute approximate surface area is 92.8 Å². The van der Waals surface area contributed by atoms with E-state index in [9.17, 15) is 8.42 Å². The maximum absolute atomic E-state index is 11.9. The number of nitrogens with one attached hydrogen (secondary N) is 1. The molecule has 0 spiro atoms. The molecule has 2 atom stereocenters. The van der Waals surface area contributed by atoms with Crippen LogP contribution in [0.5, 0.6) is 0 Å². The van der Waals surface area contributed by atoms with Crippen molar-refractivity contribution in [2.45, 2.75) is 30.5 Å². The number of nitrogens with zero attached hydrogens (tertiary/aromatic N) is 1. The highest BCUT2D eigenvalue weighted by molar-refractivity contribution is 7.91. The Bertz CT molecular complexity index is 480. The average Bonchev–Trinajstić information content (AvgIpc) is 2.62. The third kappa shape index (κ3) is 2.14. The molecule has 7 heteroatoms. The fourth-order valence-electron chi connectivity index (χ4n) is 1.39. The topological polar surface area (TPSA) is 85.1 Å². The Hall–Kier alpha value is -0.660. The summed E-state index contributed by atoms with van der Waals surface area (Å²) in [6.45, 7) is 3.67. The molecule has 0 amide bonds. The summed E-state index contributed by atoms with van der Waals surface area (Å²) in [5.41, 5.74) is 5.94. The lowest BCUT2D eigenvalue weighted by Crippen LogP contribution is -2.26. The second-order valence-corrected chi connectivity index (χ2v) is 6.81. The van der Waals surface area contributed by atoms with Crippen LogP contribution in [0.2, 0.25) is 0 Å². The van der Waals surface area contributed by atoms with E-state index in [0.717, 1.165) is 17.8 Å². The summed E-state index contributed by atoms with van der Waals surface area (Å²) in [6.07, 6.45) is 0.909. The molecule has 1 aliphatic carbocycles. The Morgan fingerprint density at radius 3 is 2.60 bits per heavy atom. The Balaban J connectivity index is 2.25. The van der Waals surface area contributed by atoms with Crippen molar-refractivity contribution in [3.05, 3.63) is 5.69 Å². The predicted molar refractivity (Wildman–Crippen MR) is 59.2 cm³/mol. The molecule has 1 aromatic rings. The van der Waals surface area contributed by atoms with Gasteiger partial charge in [0.05, 0.1) is 5.69 Å². The third-order valence-corrected chi connectivity index (χ3v) is 5.52. The van der Waals surface area contributed by atoms with Gasteiger partial charge >= 0.3 is 0 Å². The van der Waals surface area contributed by atoms with Gasteiger partial charge in [0.15, 0.2) is 9.34 Å². The lowest BCUT2D eigenvalue weighted by molar-refractivity contribution is 0.579. The van der Waals surface area contributed by atoms with Gasteiger partial charge in [-0.2, -0.15) is 0 Å². The maximum Gasteiger partial charge on any atom is 0.252 e. The van der Waals surface area contributed by atoms with Crippen LogP contribution < -0.4 is 10.5 Å². The van der Waals surface area contributed by atoms with Gasteiger partial charge in [-0.25, -0.2) is 18.1 Å². The normalized spacial score (nSPS) is 25.5. The Morgan fingerprint density at radius 1 is 1.60 bits per heavy atom. The smallest absolute Gasteiger partial charge is 0.252 e. The van der Waals surface area contributed by atoms with Crippen molar-refractivity contribution in [3.63, 3.8) is 0 Å². The molecule has 0 radical (unpaired) electrons. The molecule has 2 rings (SSSR count). The number of rotatable bonds is 3. The molecule has 0 saturated heterocycles. The maximum atomic E-state index is 11.9. The summed E-state index contributed by atoms with van der Waals surface area (Å²) < 4.78 is 26.6. The number of nitrogens with two attached hydrogens (primary N) is 1. The molecular weight excluding hydrogens is 234 g/mol. The van der Waals surface area contributed by atoms with Gasteiger partial charge in [-0.15, -0.1) is 0 Å². The molecule has 1 fully saturated rings. The van der Waals surface area contributed by atoms with Gasteiger partial charge in [0.1, 0.15) is 0 Å². The molecular formula is C8H13N3O2S2. The van der Waals surface area contributed by atoms with E-state index in [4.69, 9.17) is 5.73 Å². The van der Waals surface area contributed by atoms with Gasteiger partial charge < -0.3 is 5.73 Å². The summed E-state index contributed by atoms with van der Waals surface area (Å²) in [5, 5.41) is 0.289. The van der Waals surface area contributed by atoms with E-state index in [1.54, 1.807) is 6.92 Å². The van der Waals surface area contributed by atoms with Crippen molar-refractivity contribution < 1.29 is 8.42 Å². The van der Waals surface area contributed by atoms with Gasteiger partial charge in [-0.3, -0.25) is 0 Å². The van der Waals surface area contributed by atoms with Gasteiger partial charge in [-0.05, 0) is 19.3 Å². The second kappa shape index (κ2) is 3.43. The minimum atomic E-state index is -3.41. The number of aryl methyl sites for hydroxylation is 1. The first-order chi connectivity index (χ1) is 6.90. The zero-order valence-corrected chi connectivity index (χ0v) is 10.2. The highest BCUT2D eigenvalue weighted by Crippen LogP contribution is 2.32. The van der Waals surface area contributed by atoms with E-state index in [2.05, 4.69) is 9.71 Å². The second-order valence-electron chi connectivity index (χ2n) is 3.87. The number of thiazole rings is 1. The molecule has 2 unspecified atom stereocenters. The molecule has 1 saturated carbocycles. The van der Waals surface area contributed by atoms with E-state index in [1.807, 2.05) is 6.92 Å². The van der Waals surface area contributed by atoms with Crippen LogP contribution in [0.1, 0.15) is 19.0 Å². The lowest BCUT2D eigenvalue weighted by Gasteiger charge is -2.03. The number of aromatic nitrogens is 1. The van der Waals surface area contributed by atoms with Crippen LogP contribution in [0.25, 0.3) is 0 Å². The minimum absolute atomic E-state index is 0.0812. The first-order valence-corrected chi connectivity index (χ1v) is 6.95. The number of hydrogen-bond acceptors (Lipinski definition) is 5. The largest absolute Gasteiger partial charge is 0.375 e. The summed E-state index contributed by atoms with van der Waals surface area (Å²) in [6, 6.07) is 0.0812. The van der Waals surface area contributed by atoms with Crippen molar-refractivity contribution in [2.24, 2.45) is 5.92 Å². The predicted octanol–water partition coefficient (Wildman–Crippen LogP) is 0.720. The standard InChI is InChI=1S/C8H13N3O2S2/c1-4-3-6(4)11-15(12,13)7-5(2)10-8(9)14-7/h4,6,11H,3H2,1-2H3,(H2,9,10). The van der Waals surface area contributed by atoms with Gasteiger partial charge in [-0.1, -0.05) is 18.3 Å². The number of sulfonamides is 1. The minimum Gasteiger partial charge on any atom is -0.375 e. The van der Waals surface area contributed by atoms with Gasteiger partial charge in [0, 0.05) is 6.04 Å². The fraction of sp³-hybridized carbons (Fsp3) is 0.625. The Kier molecular flexibility index (Phi) is 2.48. The van der Waals surface area contributed by atoms with Crippen LogP contribution in [0.3, 0.4) is 0 Å². The fourth-order valence-corrected chi connectivity index (χ4v) is 4.06. The first kappa shape index (κ1) is 10.8. The molecule has 1 aliphatic rings. The summed E-state index contributed by atoms with van der Waals surface area (Å²) >= 11 is 1.01. The number of anilines is 1. The molecule has 0 aliphatic heterocycles. The van der Waals surface area contributed by atoms with E-state index < -0.39 is 10.0 Å². The van der Waals surface area contributed by atoms with E-state index in [0.29, 0.717) is 11.6 Å². The van der Waals surface area contributed by atoms with Gasteiger partial charge in [0.2, 0.25) is 0 Å². The molecule has 84 valence electrons. The molecule has 0 bridgehead atoms. The van der Waals surface area contributed by atoms with Crippen LogP contribution in [-0.4, -0.2) is 19.4 Å². The van der Waals surface area contributed by atoms with Crippen molar-refractivity contribution in [1.82, 2.24) is 9.71 Å². The van der Waals surface area contributed by atoms with Crippen LogP contribution in [0, 0.1) is 12.8 Å². The highest BCUT2D eigenvalue weighted by Gasteiger charge is 2.37. The number of nitrogen functional groups attached to an aromatic ring is 1. The summed E-state index contributed by atoms with van der Waals surface area (Å²) in [4.78, 5) is 3.90. The van der Waals surface area contributed by atoms with Crippen LogP contribution in [0.4, 0.5) is 5.13 Å². The zero-order chi connectivity index (χ0) is 11.2. The first-order valence-electron chi connectivity index (χ1n) is 4.65. The van der Waals surface area contributed by atoms with Crippen LogP contribution in [-0.2, 0) is 10.0 Å². The highest BCUT2D eigenvalue weighted by atomic mass is 32.2. The zero-order valence-electron chi connectivity index (χ0n) is 8.52. The van der Waals surface area contributed by atoms with Crippen LogP contribution >= 0.6 is 11.3 Å². The molecule has 3 N–H and O–H groups in total. The van der Waals surface area contributed by atoms with Crippen molar-refractivity contribution in [1.29, 1.82) is 0 Å². The van der Waals surface area contributed by atoms with Gasteiger partial charge in [0.25, 0.3) is 10.0 Å². The molecule has 5 nitrogen and oxygen atoms in total. The van der Waals surface area contributed by atoms with E-state index in [-0.39, 0.29) is 15.4 Å². The molecule has 15 heavy (non-hydrogen) atoms. The SMILES string of the molecule is Cc1nc(N)sc1S(=O)(=O)NC1CC1C. The number of hydrogen-bond donors (Lipinski definition) is 2. The quantitative estimate of drug-likeness (QED) is 0.824. The third-order valence-electron chi connectivity index (χ3n) is 2.43. The van der Waals surface area contributed by atoms with E-state index >= 15 is 0 Å². The van der Waals surface area contributed by atoms with Crippen LogP contribution in [0.15, 0.2) is 4.21 Å². The summed E-state index contributed by atoms with van der Waals surface area (Å²) in [5.74, 6) is 0.436. The lowest BCUT2D eigenvalue weighted by atomic mass is 10.5. The van der Waals surface area contributed by atoms with Crippen molar-refractivity contribution in [2.75, 3.05) is 5.73 Å².